The van der Waals surface area contributed by atoms with Gasteiger partial charge in [0.1, 0.15) is 24.1 Å². The zero-order chi connectivity index (χ0) is 50.6. The molecule has 5 aliphatic rings. The van der Waals surface area contributed by atoms with Crippen LogP contribution in [0, 0.1) is 33.8 Å². The first-order valence-corrected chi connectivity index (χ1v) is 27.2. The van der Waals surface area contributed by atoms with Crippen LogP contribution in [0.4, 0.5) is 5.69 Å². The van der Waals surface area contributed by atoms with E-state index in [1.165, 1.54) is 29.9 Å². The first-order chi connectivity index (χ1) is 35.8. The Bertz CT molecular complexity index is 2570. The number of hydrogen-bond acceptors (Lipinski definition) is 13. The fraction of sp³-hybridized carbons (Fsp3) is 0.483. The van der Waals surface area contributed by atoms with Crippen molar-refractivity contribution in [3.8, 4) is 23.0 Å². The lowest BCUT2D eigenvalue weighted by atomic mass is 9.55. The summed E-state index contributed by atoms with van der Waals surface area (Å²) in [6.45, 7) is 5.29. The Morgan fingerprint density at radius 1 is 0.904 bits per heavy atom. The Hall–Kier alpha value is -5.87. The number of nitrogens with zero attached hydrogens (tertiary/aromatic N) is 3. The quantitative estimate of drug-likeness (QED) is 0.0201. The molecular formula is C58H69N3O11S. The van der Waals surface area contributed by atoms with Crippen LogP contribution in [0.3, 0.4) is 0 Å². The number of carbonyl (C=O) groups excluding carboxylic acids is 1. The number of benzene rings is 4. The van der Waals surface area contributed by atoms with Gasteiger partial charge in [0, 0.05) is 66.9 Å². The molecule has 6 atom stereocenters. The van der Waals surface area contributed by atoms with E-state index >= 15 is 4.79 Å². The van der Waals surface area contributed by atoms with E-state index in [0.717, 1.165) is 73.1 Å². The van der Waals surface area contributed by atoms with Crippen LogP contribution in [0.2, 0.25) is 0 Å². The molecule has 2 N–H and O–H groups in total. The monoisotopic (exact) mass is 1020 g/mol. The SMILES string of the molecule is C=CCOC12Oc3ccc(OCCSc4ccccc4)cc3C3C(CCCCO)C(CCCCO)C=C(C(=NOCc4ccc([N+](=O)[O-])cc4)CC1N(Cc1ccc4c(c1)OCO4)C(=O)CCC1CCCC1)C32. The Morgan fingerprint density at radius 3 is 2.42 bits per heavy atom. The summed E-state index contributed by atoms with van der Waals surface area (Å²) in [5.74, 6) is 1.71. The molecule has 0 saturated heterocycles. The lowest BCUT2D eigenvalue weighted by Gasteiger charge is -2.60. The fourth-order valence-electron chi connectivity index (χ4n) is 11.9. The zero-order valence-corrected chi connectivity index (χ0v) is 42.5. The molecule has 388 valence electrons. The van der Waals surface area contributed by atoms with Crippen LogP contribution in [-0.4, -0.2) is 82.5 Å². The number of nitro benzene ring substituents is 1. The van der Waals surface area contributed by atoms with Crippen molar-refractivity contribution in [3.05, 3.63) is 142 Å². The number of carbonyl (C=O) groups is 1. The highest BCUT2D eigenvalue weighted by Crippen LogP contribution is 2.62. The molecule has 2 saturated carbocycles. The zero-order valence-electron chi connectivity index (χ0n) is 41.7. The predicted molar refractivity (Wildman–Crippen MR) is 280 cm³/mol. The second kappa shape index (κ2) is 24.9. The molecule has 4 aromatic carbocycles. The van der Waals surface area contributed by atoms with Crippen molar-refractivity contribution in [2.45, 2.75) is 119 Å². The Labute approximate surface area is 432 Å². The van der Waals surface area contributed by atoms with E-state index in [1.807, 2.05) is 53.4 Å². The number of aliphatic hydroxyl groups excluding tert-OH is 2. The lowest BCUT2D eigenvalue weighted by molar-refractivity contribution is -0.384. The second-order valence-electron chi connectivity index (χ2n) is 19.9. The largest absolute Gasteiger partial charge is 0.493 e. The van der Waals surface area contributed by atoms with E-state index < -0.39 is 22.7 Å². The van der Waals surface area contributed by atoms with Gasteiger partial charge in [-0.15, -0.1) is 18.3 Å². The van der Waals surface area contributed by atoms with Crippen LogP contribution in [0.1, 0.15) is 106 Å². The summed E-state index contributed by atoms with van der Waals surface area (Å²) < 4.78 is 33.0. The lowest BCUT2D eigenvalue weighted by Crippen LogP contribution is -2.70. The number of unbranched alkanes of at least 4 members (excludes halogenated alkanes) is 2. The van der Waals surface area contributed by atoms with Gasteiger partial charge >= 0.3 is 0 Å². The van der Waals surface area contributed by atoms with Crippen molar-refractivity contribution in [3.63, 3.8) is 0 Å². The highest BCUT2D eigenvalue weighted by molar-refractivity contribution is 7.99. The maximum absolute atomic E-state index is 15.4. The highest BCUT2D eigenvalue weighted by Gasteiger charge is 2.65. The Morgan fingerprint density at radius 2 is 1.66 bits per heavy atom. The number of nitro groups is 1. The second-order valence-corrected chi connectivity index (χ2v) is 21.0. The summed E-state index contributed by atoms with van der Waals surface area (Å²) in [4.78, 5) is 35.9. The van der Waals surface area contributed by atoms with Gasteiger partial charge in [-0.3, -0.25) is 14.9 Å². The maximum atomic E-state index is 15.4. The van der Waals surface area contributed by atoms with Crippen LogP contribution in [0.25, 0.3) is 0 Å². The highest BCUT2D eigenvalue weighted by atomic mass is 32.2. The number of thioether (sulfide) groups is 1. The fourth-order valence-corrected chi connectivity index (χ4v) is 12.6. The maximum Gasteiger partial charge on any atom is 0.269 e. The number of fused-ring (bicyclic) bond motifs is 3. The molecule has 73 heavy (non-hydrogen) atoms. The van der Waals surface area contributed by atoms with Crippen LogP contribution < -0.4 is 18.9 Å². The van der Waals surface area contributed by atoms with Crippen LogP contribution in [-0.2, 0) is 27.5 Å². The molecule has 0 spiro atoms. The minimum Gasteiger partial charge on any atom is -0.493 e. The number of allylic oxidation sites excluding steroid dienone is 1. The normalized spacial score (nSPS) is 23.2. The number of rotatable bonds is 26. The molecule has 4 aromatic rings. The number of hydrogen-bond donors (Lipinski definition) is 2. The summed E-state index contributed by atoms with van der Waals surface area (Å²) in [6, 6.07) is 27.7. The van der Waals surface area contributed by atoms with Crippen molar-refractivity contribution in [2.75, 3.05) is 39.0 Å². The molecule has 15 heteroatoms. The number of ether oxygens (including phenoxy) is 5. The first kappa shape index (κ1) is 52.0. The van der Waals surface area contributed by atoms with Gasteiger partial charge in [0.25, 0.3) is 5.69 Å². The molecule has 9 rings (SSSR count). The van der Waals surface area contributed by atoms with Gasteiger partial charge < -0.3 is 43.6 Å². The third kappa shape index (κ3) is 12.2. The smallest absolute Gasteiger partial charge is 0.269 e. The average Bonchev–Trinajstić information content (AvgIpc) is 4.12. The summed E-state index contributed by atoms with van der Waals surface area (Å²) in [6.07, 6.45) is 14.4. The van der Waals surface area contributed by atoms with Crippen molar-refractivity contribution in [1.82, 2.24) is 4.90 Å². The standard InChI is InChI=1S/C58H69N3O11S/c1-2-30-70-58-54(60(55(64)27-21-40-12-6-7-13-40)37-42-20-25-52-53(33-42)69-39-68-52)36-50(59-71-38-41-18-22-44(23-19-41)61(65)66)48-34-43(14-8-10-28-62)47(17-9-11-29-63)56(57(48)58)49-35-45(24-26-51(49)72-58)67-31-32-73-46-15-4-3-5-16-46/h2-5,15-16,18-20,22-26,33-35,40,43,47,54,56-57,62-63H,1,6-14,17,21,27-32,36-39H2. The number of aliphatic hydroxyl groups is 2. The third-order valence-electron chi connectivity index (χ3n) is 15.3. The van der Waals surface area contributed by atoms with Crippen molar-refractivity contribution in [1.29, 1.82) is 0 Å². The van der Waals surface area contributed by atoms with Crippen LogP contribution in [0.5, 0.6) is 23.0 Å². The summed E-state index contributed by atoms with van der Waals surface area (Å²) in [5, 5.41) is 36.7. The molecule has 1 amide bonds. The molecule has 2 fully saturated rings. The van der Waals surface area contributed by atoms with Crippen molar-refractivity contribution in [2.24, 2.45) is 28.8 Å². The van der Waals surface area contributed by atoms with Gasteiger partial charge in [0.05, 0.1) is 29.8 Å². The molecule has 2 aliphatic heterocycles. The molecule has 0 aromatic heterocycles. The van der Waals surface area contributed by atoms with E-state index in [2.05, 4.69) is 30.9 Å². The molecule has 0 bridgehead atoms. The number of amides is 1. The molecule has 3 aliphatic carbocycles. The summed E-state index contributed by atoms with van der Waals surface area (Å²) in [7, 11) is 0. The Balaban J connectivity index is 1.18. The number of oxime groups is 1. The Kier molecular flexibility index (Phi) is 17.7. The van der Waals surface area contributed by atoms with Crippen molar-refractivity contribution >= 4 is 29.1 Å². The molecule has 6 unspecified atom stereocenters. The first-order valence-electron chi connectivity index (χ1n) is 26.2. The number of non-ortho nitro benzene ring substituents is 1. The van der Waals surface area contributed by atoms with Gasteiger partial charge in [-0.2, -0.15) is 0 Å². The molecule has 2 heterocycles. The molecular weight excluding hydrogens is 947 g/mol. The van der Waals surface area contributed by atoms with Gasteiger partial charge in [-0.25, -0.2) is 0 Å². The molecule has 0 radical (unpaired) electrons. The van der Waals surface area contributed by atoms with Gasteiger partial charge in [0.2, 0.25) is 18.5 Å². The minimum absolute atomic E-state index is 0.0161. The van der Waals surface area contributed by atoms with E-state index in [0.29, 0.717) is 60.3 Å². The van der Waals surface area contributed by atoms with Crippen molar-refractivity contribution < 1.29 is 48.5 Å². The van der Waals surface area contributed by atoms with Gasteiger partial charge in [-0.05, 0) is 121 Å². The molecule has 14 nitrogen and oxygen atoms in total. The average molecular weight is 1020 g/mol. The van der Waals surface area contributed by atoms with Crippen LogP contribution >= 0.6 is 11.8 Å². The summed E-state index contributed by atoms with van der Waals surface area (Å²) >= 11 is 1.74. The van der Waals surface area contributed by atoms with Gasteiger partial charge in [-0.1, -0.05) is 80.1 Å². The summed E-state index contributed by atoms with van der Waals surface area (Å²) in [5.41, 5.74) is 4.11. The van der Waals surface area contributed by atoms with Gasteiger partial charge in [0.15, 0.2) is 11.5 Å². The van der Waals surface area contributed by atoms with E-state index in [-0.39, 0.29) is 75.5 Å². The van der Waals surface area contributed by atoms with E-state index in [1.54, 1.807) is 30.0 Å². The van der Waals surface area contributed by atoms with Crippen LogP contribution in [0.15, 0.2) is 125 Å². The van der Waals surface area contributed by atoms with E-state index in [4.69, 9.17) is 33.7 Å². The minimum atomic E-state index is -1.45. The third-order valence-corrected chi connectivity index (χ3v) is 16.3. The topological polar surface area (TPSA) is 172 Å². The van der Waals surface area contributed by atoms with E-state index in [9.17, 15) is 20.3 Å². The predicted octanol–water partition coefficient (Wildman–Crippen LogP) is 11.3.